The van der Waals surface area contributed by atoms with Crippen LogP contribution in [0.3, 0.4) is 0 Å². The van der Waals surface area contributed by atoms with Gasteiger partial charge in [-0.3, -0.25) is 20.0 Å². The monoisotopic (exact) mass is 406 g/mol. The number of ether oxygens (including phenoxy) is 1. The number of benzene rings is 2. The Morgan fingerprint density at radius 3 is 1.32 bits per heavy atom. The third-order valence-electron chi connectivity index (χ3n) is 4.59. The molecule has 0 N–H and O–H groups in total. The largest absolute Gasteiger partial charge is 0.354 e. The minimum atomic E-state index is -0.358. The lowest BCUT2D eigenvalue weighted by atomic mass is 10.1. The second kappa shape index (κ2) is 10.7. The van der Waals surface area contributed by atoms with Crippen molar-refractivity contribution in [3.63, 3.8) is 0 Å². The van der Waals surface area contributed by atoms with Gasteiger partial charge in [0.15, 0.2) is 0 Å². The van der Waals surface area contributed by atoms with Gasteiger partial charge >= 0.3 is 0 Å². The molecular formula is C26H22N4O. The molecule has 0 saturated carbocycles. The smallest absolute Gasteiger partial charge is 0.119 e. The van der Waals surface area contributed by atoms with Crippen molar-refractivity contribution >= 4 is 23.8 Å². The number of aromatic nitrogens is 2. The van der Waals surface area contributed by atoms with Crippen LogP contribution < -0.4 is 0 Å². The Kier molecular flexibility index (Phi) is 7.02. The molecule has 0 saturated heterocycles. The molecule has 0 spiro atoms. The number of hydrogen-bond acceptors (Lipinski definition) is 5. The fraction of sp³-hybridized carbons (Fsp3) is 0.0769. The van der Waals surface area contributed by atoms with Crippen LogP contribution in [0.25, 0.3) is 0 Å². The van der Waals surface area contributed by atoms with E-state index in [-0.39, 0.29) is 12.2 Å². The van der Waals surface area contributed by atoms with Crippen LogP contribution in [0.15, 0.2) is 120 Å². The van der Waals surface area contributed by atoms with Crippen molar-refractivity contribution in [1.29, 1.82) is 0 Å². The fourth-order valence-corrected chi connectivity index (χ4v) is 3.01. The summed E-state index contributed by atoms with van der Waals surface area (Å²) in [6, 6.07) is 27.5. The topological polar surface area (TPSA) is 59.7 Å². The SMILES string of the molecule is C(=Nc1ccncc1)C(OC(C=Nc1ccncc1)c1ccccc1)c1ccccc1. The average molecular weight is 406 g/mol. The van der Waals surface area contributed by atoms with E-state index in [1.54, 1.807) is 24.8 Å². The summed E-state index contributed by atoms with van der Waals surface area (Å²) in [5.74, 6) is 0. The highest BCUT2D eigenvalue weighted by Gasteiger charge is 2.17. The maximum atomic E-state index is 6.54. The highest BCUT2D eigenvalue weighted by Crippen LogP contribution is 2.26. The second-order valence-corrected chi connectivity index (χ2v) is 6.77. The predicted octanol–water partition coefficient (Wildman–Crippen LogP) is 6.08. The molecule has 0 aliphatic carbocycles. The number of aliphatic imine (C=N–C) groups is 2. The fourth-order valence-electron chi connectivity index (χ4n) is 3.01. The van der Waals surface area contributed by atoms with Gasteiger partial charge < -0.3 is 4.74 Å². The van der Waals surface area contributed by atoms with Crippen molar-refractivity contribution in [3.8, 4) is 0 Å². The first-order chi connectivity index (χ1) is 15.4. The van der Waals surface area contributed by atoms with Gasteiger partial charge in [-0.05, 0) is 35.4 Å². The molecule has 0 amide bonds. The van der Waals surface area contributed by atoms with Crippen LogP contribution in [0.1, 0.15) is 23.3 Å². The second-order valence-electron chi connectivity index (χ2n) is 6.77. The molecule has 152 valence electrons. The lowest BCUT2D eigenvalue weighted by Crippen LogP contribution is -2.13. The van der Waals surface area contributed by atoms with Crippen LogP contribution >= 0.6 is 0 Å². The van der Waals surface area contributed by atoms with Crippen LogP contribution in [-0.2, 0) is 4.74 Å². The van der Waals surface area contributed by atoms with E-state index in [0.29, 0.717) is 0 Å². The number of nitrogens with zero attached hydrogens (tertiary/aromatic N) is 4. The predicted molar refractivity (Wildman–Crippen MR) is 124 cm³/mol. The van der Waals surface area contributed by atoms with Crippen molar-refractivity contribution in [2.45, 2.75) is 12.2 Å². The first-order valence-electron chi connectivity index (χ1n) is 10.0. The molecule has 2 unspecified atom stereocenters. The highest BCUT2D eigenvalue weighted by atomic mass is 16.5. The van der Waals surface area contributed by atoms with E-state index in [0.717, 1.165) is 22.5 Å². The summed E-state index contributed by atoms with van der Waals surface area (Å²) in [5, 5.41) is 0. The Bertz CT molecular complexity index is 1010. The van der Waals surface area contributed by atoms with Gasteiger partial charge in [0.1, 0.15) is 12.2 Å². The van der Waals surface area contributed by atoms with Gasteiger partial charge in [-0.25, -0.2) is 0 Å². The van der Waals surface area contributed by atoms with Gasteiger partial charge in [-0.15, -0.1) is 0 Å². The highest BCUT2D eigenvalue weighted by molar-refractivity contribution is 5.73. The van der Waals surface area contributed by atoms with Crippen LogP contribution in [0.5, 0.6) is 0 Å². The zero-order valence-corrected chi connectivity index (χ0v) is 16.9. The first kappa shape index (κ1) is 20.3. The third kappa shape index (κ3) is 6.01. The van der Waals surface area contributed by atoms with Gasteiger partial charge in [-0.2, -0.15) is 0 Å². The van der Waals surface area contributed by atoms with Crippen molar-refractivity contribution in [2.75, 3.05) is 0 Å². The molecule has 0 bridgehead atoms. The van der Waals surface area contributed by atoms with Crippen LogP contribution in [0.4, 0.5) is 11.4 Å². The van der Waals surface area contributed by atoms with E-state index in [9.17, 15) is 0 Å². The molecule has 0 aliphatic rings. The molecule has 5 nitrogen and oxygen atoms in total. The van der Waals surface area contributed by atoms with Crippen LogP contribution in [0, 0.1) is 0 Å². The molecule has 2 heterocycles. The van der Waals surface area contributed by atoms with Crippen LogP contribution in [-0.4, -0.2) is 22.4 Å². The van der Waals surface area contributed by atoms with E-state index in [1.165, 1.54) is 0 Å². The summed E-state index contributed by atoms with van der Waals surface area (Å²) in [7, 11) is 0. The Labute approximate surface area is 181 Å². The molecule has 2 aromatic heterocycles. The summed E-state index contributed by atoms with van der Waals surface area (Å²) in [6.07, 6.45) is 9.81. The summed E-state index contributed by atoms with van der Waals surface area (Å²) in [6.45, 7) is 0. The molecule has 0 aliphatic heterocycles. The molecule has 5 heteroatoms. The zero-order valence-electron chi connectivity index (χ0n) is 16.9. The number of rotatable bonds is 8. The Morgan fingerprint density at radius 2 is 0.935 bits per heavy atom. The van der Waals surface area contributed by atoms with E-state index >= 15 is 0 Å². The van der Waals surface area contributed by atoms with Gasteiger partial charge in [0.05, 0.1) is 11.4 Å². The van der Waals surface area contributed by atoms with Crippen molar-refractivity contribution in [3.05, 3.63) is 121 Å². The summed E-state index contributed by atoms with van der Waals surface area (Å²) >= 11 is 0. The van der Waals surface area contributed by atoms with Crippen molar-refractivity contribution < 1.29 is 4.74 Å². The van der Waals surface area contributed by atoms with Gasteiger partial charge in [0, 0.05) is 37.2 Å². The third-order valence-corrected chi connectivity index (χ3v) is 4.59. The minimum absolute atomic E-state index is 0.358. The van der Waals surface area contributed by atoms with E-state index in [1.807, 2.05) is 97.4 Å². The molecule has 31 heavy (non-hydrogen) atoms. The van der Waals surface area contributed by atoms with Crippen molar-refractivity contribution in [2.24, 2.45) is 9.98 Å². The maximum Gasteiger partial charge on any atom is 0.119 e. The quantitative estimate of drug-likeness (QED) is 0.333. The lowest BCUT2D eigenvalue weighted by Gasteiger charge is -2.21. The molecule has 0 radical (unpaired) electrons. The average Bonchev–Trinajstić information content (AvgIpc) is 2.86. The minimum Gasteiger partial charge on any atom is -0.354 e. The summed E-state index contributed by atoms with van der Waals surface area (Å²) < 4.78 is 6.54. The van der Waals surface area contributed by atoms with E-state index in [2.05, 4.69) is 20.0 Å². The van der Waals surface area contributed by atoms with Gasteiger partial charge in [0.2, 0.25) is 0 Å². The van der Waals surface area contributed by atoms with Gasteiger partial charge in [0.25, 0.3) is 0 Å². The van der Waals surface area contributed by atoms with E-state index < -0.39 is 0 Å². The van der Waals surface area contributed by atoms with E-state index in [4.69, 9.17) is 4.74 Å². The Balaban J connectivity index is 1.64. The molecule has 0 fully saturated rings. The normalized spacial score (nSPS) is 13.4. The van der Waals surface area contributed by atoms with Crippen LogP contribution in [0.2, 0.25) is 0 Å². The zero-order chi connectivity index (χ0) is 21.1. The Morgan fingerprint density at radius 1 is 0.548 bits per heavy atom. The first-order valence-corrected chi connectivity index (χ1v) is 10.0. The number of hydrogen-bond donors (Lipinski definition) is 0. The lowest BCUT2D eigenvalue weighted by molar-refractivity contribution is 0.0693. The molecular weight excluding hydrogens is 384 g/mol. The van der Waals surface area contributed by atoms with Gasteiger partial charge in [-0.1, -0.05) is 60.7 Å². The molecule has 4 rings (SSSR count). The summed E-state index contributed by atoms with van der Waals surface area (Å²) in [4.78, 5) is 17.3. The summed E-state index contributed by atoms with van der Waals surface area (Å²) in [5.41, 5.74) is 3.67. The molecule has 2 aromatic carbocycles. The maximum absolute atomic E-state index is 6.54. The molecule has 4 aromatic rings. The van der Waals surface area contributed by atoms with Crippen molar-refractivity contribution in [1.82, 2.24) is 9.97 Å². The Hall–Kier alpha value is -3.96. The molecule has 2 atom stereocenters. The standard InChI is InChI=1S/C26H22N4O/c1-3-7-21(8-4-1)25(19-29-23-11-15-27-16-12-23)31-26(22-9-5-2-6-10-22)20-30-24-13-17-28-18-14-24/h1-20,25-26H. The number of pyridine rings is 2.